The predicted molar refractivity (Wildman–Crippen MR) is 91.2 cm³/mol. The van der Waals surface area contributed by atoms with Crippen molar-refractivity contribution >= 4 is 35.2 Å². The molecule has 1 aliphatic carbocycles. The Balaban J connectivity index is 1.77. The number of Topliss-reactive ketones (excluding diaryl/α,β-unsaturated/α-hetero) is 1. The first-order valence-corrected chi connectivity index (χ1v) is 8.75. The Bertz CT molecular complexity index is 731. The molecule has 1 saturated carbocycles. The molecule has 0 radical (unpaired) electrons. The maximum atomic E-state index is 12.6. The van der Waals surface area contributed by atoms with Crippen LogP contribution in [0, 0.1) is 5.92 Å². The SMILES string of the molecule is C[C@@H]1CCCC[C@H]1N1C(=O)C(=O)N(CC(=O)c2ccc(Cl)cc2)C1=O. The van der Waals surface area contributed by atoms with Gasteiger partial charge >= 0.3 is 17.8 Å². The van der Waals surface area contributed by atoms with Gasteiger partial charge in [-0.3, -0.25) is 19.3 Å². The molecule has 132 valence electrons. The van der Waals surface area contributed by atoms with E-state index in [4.69, 9.17) is 11.6 Å². The highest BCUT2D eigenvalue weighted by atomic mass is 35.5. The normalized spacial score (nSPS) is 24.2. The molecule has 6 nitrogen and oxygen atoms in total. The number of hydrogen-bond donors (Lipinski definition) is 0. The second-order valence-electron chi connectivity index (χ2n) is 6.61. The summed E-state index contributed by atoms with van der Waals surface area (Å²) in [4.78, 5) is 51.3. The summed E-state index contributed by atoms with van der Waals surface area (Å²) in [7, 11) is 0. The molecule has 25 heavy (non-hydrogen) atoms. The van der Waals surface area contributed by atoms with Gasteiger partial charge in [-0.2, -0.15) is 0 Å². The molecule has 0 N–H and O–H groups in total. The van der Waals surface area contributed by atoms with Crippen molar-refractivity contribution in [1.82, 2.24) is 9.80 Å². The van der Waals surface area contributed by atoms with Gasteiger partial charge in [-0.05, 0) is 43.0 Å². The summed E-state index contributed by atoms with van der Waals surface area (Å²) in [5.41, 5.74) is 0.335. The third kappa shape index (κ3) is 3.31. The first-order valence-electron chi connectivity index (χ1n) is 8.38. The van der Waals surface area contributed by atoms with Gasteiger partial charge in [-0.1, -0.05) is 31.4 Å². The van der Waals surface area contributed by atoms with Crippen LogP contribution in [0.15, 0.2) is 24.3 Å². The fourth-order valence-corrected chi connectivity index (χ4v) is 3.63. The lowest BCUT2D eigenvalue weighted by Crippen LogP contribution is -2.46. The average Bonchev–Trinajstić information content (AvgIpc) is 2.80. The van der Waals surface area contributed by atoms with Crippen LogP contribution in [0.1, 0.15) is 43.0 Å². The monoisotopic (exact) mass is 362 g/mol. The number of rotatable bonds is 4. The standard InChI is InChI=1S/C18H19ClN2O4/c1-11-4-2-3-5-14(11)21-17(24)16(23)20(18(21)25)10-15(22)12-6-8-13(19)9-7-12/h6-9,11,14H,2-5,10H2,1H3/t11-,14-/m1/s1. The third-order valence-corrected chi connectivity index (χ3v) is 5.20. The minimum Gasteiger partial charge on any atom is -0.292 e. The second kappa shape index (κ2) is 6.96. The van der Waals surface area contributed by atoms with Gasteiger partial charge in [0.1, 0.15) is 0 Å². The largest absolute Gasteiger partial charge is 0.334 e. The van der Waals surface area contributed by atoms with Crippen LogP contribution < -0.4 is 0 Å². The van der Waals surface area contributed by atoms with Crippen LogP contribution in [0.5, 0.6) is 0 Å². The van der Waals surface area contributed by atoms with E-state index in [0.29, 0.717) is 17.0 Å². The number of halogens is 1. The van der Waals surface area contributed by atoms with E-state index in [1.807, 2.05) is 6.92 Å². The molecule has 0 unspecified atom stereocenters. The summed E-state index contributed by atoms with van der Waals surface area (Å²) in [5, 5.41) is 0.484. The second-order valence-corrected chi connectivity index (χ2v) is 7.04. The molecule has 7 heteroatoms. The van der Waals surface area contributed by atoms with Crippen molar-refractivity contribution in [1.29, 1.82) is 0 Å². The molecular weight excluding hydrogens is 344 g/mol. The number of imide groups is 2. The van der Waals surface area contributed by atoms with Crippen molar-refractivity contribution in [2.45, 2.75) is 38.6 Å². The van der Waals surface area contributed by atoms with Crippen molar-refractivity contribution in [3.05, 3.63) is 34.9 Å². The number of amides is 4. The molecule has 3 rings (SSSR count). The first kappa shape index (κ1) is 17.6. The zero-order valence-electron chi connectivity index (χ0n) is 13.9. The van der Waals surface area contributed by atoms with Gasteiger partial charge in [0.05, 0.1) is 6.54 Å². The predicted octanol–water partition coefficient (Wildman–Crippen LogP) is 2.89. The van der Waals surface area contributed by atoms with Gasteiger partial charge in [0, 0.05) is 16.6 Å². The van der Waals surface area contributed by atoms with Gasteiger partial charge in [0.25, 0.3) is 0 Å². The van der Waals surface area contributed by atoms with Crippen molar-refractivity contribution in [2.24, 2.45) is 5.92 Å². The van der Waals surface area contributed by atoms with E-state index < -0.39 is 30.2 Å². The van der Waals surface area contributed by atoms with Gasteiger partial charge < -0.3 is 0 Å². The van der Waals surface area contributed by atoms with Crippen molar-refractivity contribution in [2.75, 3.05) is 6.54 Å². The van der Waals surface area contributed by atoms with Gasteiger partial charge in [0.2, 0.25) is 0 Å². The zero-order valence-corrected chi connectivity index (χ0v) is 14.7. The van der Waals surface area contributed by atoms with E-state index in [1.54, 1.807) is 12.1 Å². The minimum atomic E-state index is -0.926. The number of benzene rings is 1. The number of carbonyl (C=O) groups excluding carboxylic acids is 4. The lowest BCUT2D eigenvalue weighted by atomic mass is 9.85. The Kier molecular flexibility index (Phi) is 4.90. The molecule has 2 fully saturated rings. The van der Waals surface area contributed by atoms with E-state index in [9.17, 15) is 19.2 Å². The quantitative estimate of drug-likeness (QED) is 0.469. The van der Waals surface area contributed by atoms with E-state index in [0.717, 1.165) is 29.1 Å². The molecule has 1 aromatic rings. The Labute approximate surface area is 150 Å². The van der Waals surface area contributed by atoms with E-state index >= 15 is 0 Å². The molecule has 1 saturated heterocycles. The van der Waals surface area contributed by atoms with Crippen molar-refractivity contribution < 1.29 is 19.2 Å². The molecule has 1 heterocycles. The highest BCUT2D eigenvalue weighted by Gasteiger charge is 2.49. The molecule has 2 atom stereocenters. The Hall–Kier alpha value is -2.21. The maximum absolute atomic E-state index is 12.6. The summed E-state index contributed by atoms with van der Waals surface area (Å²) in [6, 6.07) is 5.22. The first-order chi connectivity index (χ1) is 11.9. The van der Waals surface area contributed by atoms with E-state index in [-0.39, 0.29) is 12.0 Å². The molecule has 4 amide bonds. The summed E-state index contributed by atoms with van der Waals surface area (Å²) in [5.74, 6) is -2.01. The molecule has 1 aliphatic heterocycles. The lowest BCUT2D eigenvalue weighted by Gasteiger charge is -2.34. The Morgan fingerprint density at radius 2 is 1.72 bits per heavy atom. The fourth-order valence-electron chi connectivity index (χ4n) is 3.51. The summed E-state index contributed by atoms with van der Waals surface area (Å²) in [6.45, 7) is 1.54. The smallest absolute Gasteiger partial charge is 0.292 e. The fraction of sp³-hybridized carbons (Fsp3) is 0.444. The summed E-state index contributed by atoms with van der Waals surface area (Å²) in [6.07, 6.45) is 3.59. The number of nitrogens with zero attached hydrogens (tertiary/aromatic N) is 2. The average molecular weight is 363 g/mol. The van der Waals surface area contributed by atoms with Crippen LogP contribution in [0.4, 0.5) is 4.79 Å². The van der Waals surface area contributed by atoms with Gasteiger partial charge in [-0.25, -0.2) is 9.69 Å². The summed E-state index contributed by atoms with van der Waals surface area (Å²) >= 11 is 5.79. The number of hydrogen-bond acceptors (Lipinski definition) is 4. The minimum absolute atomic E-state index is 0.154. The number of carbonyl (C=O) groups is 4. The zero-order chi connectivity index (χ0) is 18.1. The van der Waals surface area contributed by atoms with Crippen LogP contribution in [0.25, 0.3) is 0 Å². The Morgan fingerprint density at radius 1 is 1.08 bits per heavy atom. The van der Waals surface area contributed by atoms with Crippen molar-refractivity contribution in [3.63, 3.8) is 0 Å². The van der Waals surface area contributed by atoms with Crippen molar-refractivity contribution in [3.8, 4) is 0 Å². The highest BCUT2D eigenvalue weighted by molar-refractivity contribution is 6.45. The van der Waals surface area contributed by atoms with Gasteiger partial charge in [-0.15, -0.1) is 0 Å². The third-order valence-electron chi connectivity index (χ3n) is 4.95. The molecule has 0 aromatic heterocycles. The highest BCUT2D eigenvalue weighted by Crippen LogP contribution is 2.31. The van der Waals surface area contributed by atoms with Crippen LogP contribution in [-0.2, 0) is 9.59 Å². The van der Waals surface area contributed by atoms with E-state index in [2.05, 4.69) is 0 Å². The van der Waals surface area contributed by atoms with Crippen LogP contribution >= 0.6 is 11.6 Å². The molecule has 0 bridgehead atoms. The molecular formula is C18H19ClN2O4. The van der Waals surface area contributed by atoms with Crippen LogP contribution in [0.3, 0.4) is 0 Å². The van der Waals surface area contributed by atoms with Crippen LogP contribution in [0.2, 0.25) is 5.02 Å². The maximum Gasteiger partial charge on any atom is 0.334 e. The number of ketones is 1. The Morgan fingerprint density at radius 3 is 2.36 bits per heavy atom. The lowest BCUT2D eigenvalue weighted by molar-refractivity contribution is -0.144. The topological polar surface area (TPSA) is 74.8 Å². The van der Waals surface area contributed by atoms with Gasteiger partial charge in [0.15, 0.2) is 5.78 Å². The number of urea groups is 1. The molecule has 2 aliphatic rings. The van der Waals surface area contributed by atoms with Crippen LogP contribution in [-0.4, -0.2) is 46.0 Å². The van der Waals surface area contributed by atoms with E-state index in [1.165, 1.54) is 12.1 Å². The molecule has 0 spiro atoms. The summed E-state index contributed by atoms with van der Waals surface area (Å²) < 4.78 is 0. The molecule has 1 aromatic carbocycles.